The van der Waals surface area contributed by atoms with Crippen LogP contribution in [0.1, 0.15) is 42.7 Å². The van der Waals surface area contributed by atoms with Gasteiger partial charge in [0.15, 0.2) is 0 Å². The van der Waals surface area contributed by atoms with Crippen LogP contribution in [0.3, 0.4) is 0 Å². The Morgan fingerprint density at radius 2 is 1.76 bits per heavy atom. The van der Waals surface area contributed by atoms with Crippen molar-refractivity contribution in [1.82, 2.24) is 26.3 Å². The zero-order chi connectivity index (χ0) is 33.1. The maximum absolute atomic E-state index is 13.4. The van der Waals surface area contributed by atoms with Gasteiger partial charge in [0.25, 0.3) is 5.91 Å². The number of H-pyrrole nitrogens is 1. The summed E-state index contributed by atoms with van der Waals surface area (Å²) in [4.78, 5) is 64.2. The average molecular weight is 624 g/mol. The van der Waals surface area contributed by atoms with Crippen LogP contribution in [0.15, 0.2) is 77.8 Å². The summed E-state index contributed by atoms with van der Waals surface area (Å²) in [5.41, 5.74) is 2.39. The lowest BCUT2D eigenvalue weighted by Gasteiger charge is -2.29. The van der Waals surface area contributed by atoms with Crippen LogP contribution in [0, 0.1) is 11.8 Å². The van der Waals surface area contributed by atoms with E-state index in [0.29, 0.717) is 36.5 Å². The molecule has 1 aliphatic rings. The van der Waals surface area contributed by atoms with Gasteiger partial charge in [0, 0.05) is 29.4 Å². The first kappa shape index (κ1) is 33.3. The van der Waals surface area contributed by atoms with Gasteiger partial charge in [-0.15, -0.1) is 0 Å². The maximum atomic E-state index is 13.4. The van der Waals surface area contributed by atoms with Crippen molar-refractivity contribution in [2.75, 3.05) is 13.7 Å². The average Bonchev–Trinajstić information content (AvgIpc) is 3.71. The number of aromatic amines is 1. The number of allylic oxidation sites excluding steroid dienone is 1. The van der Waals surface area contributed by atoms with E-state index in [-0.39, 0.29) is 29.7 Å². The molecule has 2 heterocycles. The van der Waals surface area contributed by atoms with Crippen molar-refractivity contribution in [3.8, 4) is 5.75 Å². The summed E-state index contributed by atoms with van der Waals surface area (Å²) in [6.07, 6.45) is 2.50. The minimum atomic E-state index is -0.819. The summed E-state index contributed by atoms with van der Waals surface area (Å²) >= 11 is 0. The summed E-state index contributed by atoms with van der Waals surface area (Å²) in [5, 5.41) is 12.9. The van der Waals surface area contributed by atoms with Crippen molar-refractivity contribution in [3.63, 3.8) is 0 Å². The smallest absolute Gasteiger partial charge is 0.268 e. The fourth-order valence-corrected chi connectivity index (χ4v) is 5.58. The molecule has 4 atom stereocenters. The van der Waals surface area contributed by atoms with E-state index < -0.39 is 24.0 Å². The maximum Gasteiger partial charge on any atom is 0.268 e. The number of hydrogen-bond donors (Lipinski definition) is 5. The molecule has 1 amide bonds. The Morgan fingerprint density at radius 1 is 1.00 bits per heavy atom. The highest BCUT2D eigenvalue weighted by atomic mass is 16.5. The number of fused-ring (bicyclic) bond motifs is 1. The molecule has 46 heavy (non-hydrogen) atoms. The molecule has 0 aliphatic carbocycles. The third-order valence-electron chi connectivity index (χ3n) is 7.99. The van der Waals surface area contributed by atoms with Crippen LogP contribution in [0.4, 0.5) is 0 Å². The van der Waals surface area contributed by atoms with Crippen LogP contribution in [-0.4, -0.2) is 66.4 Å². The van der Waals surface area contributed by atoms with E-state index in [9.17, 15) is 24.0 Å². The molecule has 1 saturated heterocycles. The molecule has 0 unspecified atom stereocenters. The number of ether oxygens (including phenoxy) is 1. The zero-order valence-electron chi connectivity index (χ0n) is 25.9. The lowest BCUT2D eigenvalue weighted by Crippen LogP contribution is -2.49. The molecule has 4 rings (SSSR count). The molecule has 2 aromatic carbocycles. The third kappa shape index (κ3) is 8.33. The Kier molecular flexibility index (Phi) is 11.6. The number of benzene rings is 2. The van der Waals surface area contributed by atoms with Gasteiger partial charge in [-0.05, 0) is 55.0 Å². The van der Waals surface area contributed by atoms with Crippen molar-refractivity contribution in [1.29, 1.82) is 0 Å². The van der Waals surface area contributed by atoms with Crippen molar-refractivity contribution >= 4 is 40.6 Å². The molecule has 1 fully saturated rings. The van der Waals surface area contributed by atoms with Gasteiger partial charge < -0.3 is 31.0 Å². The van der Waals surface area contributed by atoms with Crippen molar-refractivity contribution in [3.05, 3.63) is 89.0 Å². The SMILES string of the molecule is COc1ccc2[nH]c(C(=O)N[C@H](C(=C=O)N[C@@H](Cc3ccccc3)C(=C=O)N[C@H](C=C=O)C[C@@H]3CCNC3=C=O)C(C)C)cc2c1. The van der Waals surface area contributed by atoms with Crippen LogP contribution in [0.5, 0.6) is 5.75 Å². The minimum Gasteiger partial charge on any atom is -0.497 e. The first-order valence-corrected chi connectivity index (χ1v) is 15.0. The molecule has 238 valence electrons. The van der Waals surface area contributed by atoms with Crippen LogP contribution in [0.25, 0.3) is 10.9 Å². The monoisotopic (exact) mass is 623 g/mol. The highest BCUT2D eigenvalue weighted by Gasteiger charge is 2.30. The number of nitrogens with one attached hydrogen (secondary N) is 5. The third-order valence-corrected chi connectivity index (χ3v) is 7.99. The predicted octanol–water partition coefficient (Wildman–Crippen LogP) is 2.62. The van der Waals surface area contributed by atoms with Gasteiger partial charge in [-0.1, -0.05) is 44.2 Å². The van der Waals surface area contributed by atoms with Gasteiger partial charge >= 0.3 is 0 Å². The van der Waals surface area contributed by atoms with E-state index >= 15 is 0 Å². The van der Waals surface area contributed by atoms with Gasteiger partial charge in [-0.2, -0.15) is 0 Å². The van der Waals surface area contributed by atoms with Gasteiger partial charge in [-0.25, -0.2) is 19.2 Å². The largest absolute Gasteiger partial charge is 0.497 e. The van der Waals surface area contributed by atoms with Crippen LogP contribution in [0.2, 0.25) is 0 Å². The summed E-state index contributed by atoms with van der Waals surface area (Å²) in [5.74, 6) is 7.35. The second kappa shape index (κ2) is 16.0. The second-order valence-electron chi connectivity index (χ2n) is 11.4. The van der Waals surface area contributed by atoms with E-state index in [2.05, 4.69) is 26.3 Å². The molecule has 3 aromatic rings. The van der Waals surface area contributed by atoms with Gasteiger partial charge in [0.05, 0.1) is 30.9 Å². The van der Waals surface area contributed by atoms with Crippen LogP contribution in [-0.2, 0) is 25.6 Å². The summed E-state index contributed by atoms with van der Waals surface area (Å²) in [6, 6.07) is 14.1. The lowest BCUT2D eigenvalue weighted by atomic mass is 9.95. The van der Waals surface area contributed by atoms with Crippen molar-refractivity contribution in [2.24, 2.45) is 11.8 Å². The Hall–Kier alpha value is -5.55. The van der Waals surface area contributed by atoms with Crippen LogP contribution < -0.4 is 26.0 Å². The number of carbonyl (C=O) groups excluding carboxylic acids is 5. The Morgan fingerprint density at radius 3 is 2.41 bits per heavy atom. The summed E-state index contributed by atoms with van der Waals surface area (Å²) in [6.45, 7) is 4.29. The molecular weight excluding hydrogens is 586 g/mol. The van der Waals surface area contributed by atoms with Crippen molar-refractivity contribution in [2.45, 2.75) is 51.2 Å². The lowest BCUT2D eigenvalue weighted by molar-refractivity contribution is 0.0928. The number of methoxy groups -OCH3 is 1. The van der Waals surface area contributed by atoms with E-state index in [1.54, 1.807) is 25.2 Å². The molecule has 11 heteroatoms. The van der Waals surface area contributed by atoms with E-state index in [1.807, 2.05) is 74.1 Å². The molecule has 0 saturated carbocycles. The number of aromatic nitrogens is 1. The molecule has 0 radical (unpaired) electrons. The van der Waals surface area contributed by atoms with Crippen LogP contribution >= 0.6 is 0 Å². The fourth-order valence-electron chi connectivity index (χ4n) is 5.58. The Bertz CT molecular complexity index is 1740. The standard InChI is InChI=1S/C35H37N5O6/c1-22(2)34(40-35(45)30-18-25-17-27(46-3)9-10-28(25)38-30)33(21-44)39-29(15-23-7-5-4-6-8-23)32(20-43)37-26(12-14-41)16-24-11-13-36-31(24)19-42/h4-10,12,17-18,22,24,26,29,34,36-39H,11,13,15-16H2,1-3H3,(H,40,45)/t24-,26+,29-,34-/m0/s1. The molecule has 0 bridgehead atoms. The highest BCUT2D eigenvalue weighted by molar-refractivity contribution is 5.98. The molecule has 0 spiro atoms. The van der Waals surface area contributed by atoms with E-state index in [1.165, 1.54) is 6.08 Å². The fraction of sp³-hybridized carbons (Fsp3) is 0.343. The Balaban J connectivity index is 1.59. The summed E-state index contributed by atoms with van der Waals surface area (Å²) < 4.78 is 5.28. The molecular formula is C35H37N5O6. The summed E-state index contributed by atoms with van der Waals surface area (Å²) in [7, 11) is 1.56. The van der Waals surface area contributed by atoms with E-state index in [0.717, 1.165) is 16.5 Å². The highest BCUT2D eigenvalue weighted by Crippen LogP contribution is 2.24. The molecule has 1 aliphatic heterocycles. The molecule has 11 nitrogen and oxygen atoms in total. The normalized spacial score (nSPS) is 15.7. The number of amides is 1. The predicted molar refractivity (Wildman–Crippen MR) is 174 cm³/mol. The molecule has 5 N–H and O–H groups in total. The van der Waals surface area contributed by atoms with Gasteiger partial charge in [0.1, 0.15) is 46.6 Å². The Labute approximate surface area is 266 Å². The second-order valence-corrected chi connectivity index (χ2v) is 11.4. The molecule has 1 aromatic heterocycles. The number of carbonyl (C=O) groups is 1. The number of rotatable bonds is 15. The topological polar surface area (TPSA) is 158 Å². The van der Waals surface area contributed by atoms with Gasteiger partial charge in [0.2, 0.25) is 0 Å². The van der Waals surface area contributed by atoms with Gasteiger partial charge in [-0.3, -0.25) is 4.79 Å². The first-order chi connectivity index (χ1) is 22.3. The van der Waals surface area contributed by atoms with E-state index in [4.69, 9.17) is 4.74 Å². The minimum absolute atomic E-state index is 0.0326. The zero-order valence-corrected chi connectivity index (χ0v) is 25.9. The first-order valence-electron chi connectivity index (χ1n) is 15.0. The number of hydrogen-bond acceptors (Lipinski definition) is 9. The quantitative estimate of drug-likeness (QED) is 0.161. The van der Waals surface area contributed by atoms with Crippen molar-refractivity contribution < 1.29 is 28.7 Å².